The first-order valence-electron chi connectivity index (χ1n) is 5.49. The van der Waals surface area contributed by atoms with E-state index in [1.165, 1.54) is 0 Å². The van der Waals surface area contributed by atoms with Crippen LogP contribution in [0.15, 0.2) is 16.9 Å². The van der Waals surface area contributed by atoms with Crippen molar-refractivity contribution in [2.75, 3.05) is 6.61 Å². The van der Waals surface area contributed by atoms with Crippen LogP contribution in [0, 0.1) is 10.1 Å². The molecule has 20 heavy (non-hydrogen) atoms. The zero-order valence-electron chi connectivity index (χ0n) is 10.2. The van der Waals surface area contributed by atoms with Gasteiger partial charge in [-0.05, 0) is 6.92 Å². The Morgan fingerprint density at radius 3 is 2.85 bits per heavy atom. The molecule has 0 spiro atoms. The van der Waals surface area contributed by atoms with Gasteiger partial charge in [-0.3, -0.25) is 14.9 Å². The van der Waals surface area contributed by atoms with E-state index < -0.39 is 22.1 Å². The van der Waals surface area contributed by atoms with Crippen molar-refractivity contribution >= 4 is 34.3 Å². The summed E-state index contributed by atoms with van der Waals surface area (Å²) >= 11 is 5.84. The van der Waals surface area contributed by atoms with Gasteiger partial charge in [-0.1, -0.05) is 11.6 Å². The molecule has 0 unspecified atom stereocenters. The molecule has 0 fully saturated rings. The number of esters is 1. The summed E-state index contributed by atoms with van der Waals surface area (Å²) in [6.07, 6.45) is 0. The third-order valence-corrected chi connectivity index (χ3v) is 2.72. The Labute approximate surface area is 116 Å². The molecular formula is C11H8ClN3O5. The third kappa shape index (κ3) is 2.45. The predicted molar refractivity (Wildman–Crippen MR) is 70.0 cm³/mol. The molecule has 2 aromatic rings. The van der Waals surface area contributed by atoms with Gasteiger partial charge in [0.2, 0.25) is 5.69 Å². The highest BCUT2D eigenvalue weighted by Crippen LogP contribution is 2.25. The average Bonchev–Trinajstić information content (AvgIpc) is 2.38. The van der Waals surface area contributed by atoms with Gasteiger partial charge >= 0.3 is 5.97 Å². The lowest BCUT2D eigenvalue weighted by atomic mass is 10.2. The summed E-state index contributed by atoms with van der Waals surface area (Å²) in [7, 11) is 0. The summed E-state index contributed by atoms with van der Waals surface area (Å²) < 4.78 is 4.68. The van der Waals surface area contributed by atoms with Crippen LogP contribution in [0.2, 0.25) is 5.02 Å². The van der Waals surface area contributed by atoms with Crippen molar-refractivity contribution < 1.29 is 14.5 Å². The quantitative estimate of drug-likeness (QED) is 0.523. The number of H-pyrrole nitrogens is 1. The molecule has 0 atom stereocenters. The lowest BCUT2D eigenvalue weighted by Gasteiger charge is -2.03. The minimum Gasteiger partial charge on any atom is -0.461 e. The number of carbonyl (C=O) groups excluding carboxylic acids is 1. The van der Waals surface area contributed by atoms with E-state index >= 15 is 0 Å². The molecule has 9 heteroatoms. The van der Waals surface area contributed by atoms with Crippen LogP contribution in [-0.4, -0.2) is 27.5 Å². The molecular weight excluding hydrogens is 290 g/mol. The Morgan fingerprint density at radius 2 is 2.25 bits per heavy atom. The summed E-state index contributed by atoms with van der Waals surface area (Å²) in [4.78, 5) is 39.5. The van der Waals surface area contributed by atoms with Crippen molar-refractivity contribution in [3.8, 4) is 0 Å². The maximum Gasteiger partial charge on any atom is 0.362 e. The lowest BCUT2D eigenvalue weighted by Crippen LogP contribution is -2.22. The Balaban J connectivity index is 2.70. The fourth-order valence-corrected chi connectivity index (χ4v) is 1.83. The first-order chi connectivity index (χ1) is 9.43. The highest BCUT2D eigenvalue weighted by Gasteiger charge is 2.18. The van der Waals surface area contributed by atoms with Crippen molar-refractivity contribution in [2.45, 2.75) is 6.92 Å². The number of halogens is 1. The number of nitro groups is 1. The van der Waals surface area contributed by atoms with Gasteiger partial charge in [0.05, 0.1) is 27.6 Å². The third-order valence-electron chi connectivity index (χ3n) is 2.42. The summed E-state index contributed by atoms with van der Waals surface area (Å²) in [6, 6.07) is 2.20. The standard InChI is InChI=1S/C11H8ClN3O5/c1-2-20-11(17)9-10(16)14-8-6(12)3-5(15(18)19)4-7(8)13-9/h3-4H,2H2,1H3,(H,14,16). The number of benzene rings is 1. The van der Waals surface area contributed by atoms with Crippen LogP contribution in [0.25, 0.3) is 11.0 Å². The molecule has 0 saturated carbocycles. The Hall–Kier alpha value is -2.48. The van der Waals surface area contributed by atoms with E-state index in [4.69, 9.17) is 11.6 Å². The Kier molecular flexibility index (Phi) is 3.66. The molecule has 0 aliphatic carbocycles. The fraction of sp³-hybridized carbons (Fsp3) is 0.182. The first kappa shape index (κ1) is 13.9. The van der Waals surface area contributed by atoms with Gasteiger partial charge in [0.15, 0.2) is 0 Å². The average molecular weight is 298 g/mol. The largest absolute Gasteiger partial charge is 0.461 e. The minimum absolute atomic E-state index is 0.0331. The number of nitrogens with one attached hydrogen (secondary N) is 1. The molecule has 0 amide bonds. The molecule has 0 radical (unpaired) electrons. The first-order valence-corrected chi connectivity index (χ1v) is 5.87. The van der Waals surface area contributed by atoms with E-state index in [0.717, 1.165) is 12.1 Å². The van der Waals surface area contributed by atoms with Gasteiger partial charge < -0.3 is 9.72 Å². The molecule has 104 valence electrons. The van der Waals surface area contributed by atoms with Crippen LogP contribution in [0.1, 0.15) is 17.4 Å². The lowest BCUT2D eigenvalue weighted by molar-refractivity contribution is -0.384. The summed E-state index contributed by atoms with van der Waals surface area (Å²) in [5.41, 5.74) is -1.39. The van der Waals surface area contributed by atoms with Gasteiger partial charge in [-0.15, -0.1) is 0 Å². The van der Waals surface area contributed by atoms with Crippen molar-refractivity contribution in [3.63, 3.8) is 0 Å². The smallest absolute Gasteiger partial charge is 0.362 e. The Morgan fingerprint density at radius 1 is 1.55 bits per heavy atom. The number of fused-ring (bicyclic) bond motifs is 1. The van der Waals surface area contributed by atoms with Crippen LogP contribution in [0.3, 0.4) is 0 Å². The molecule has 0 saturated heterocycles. The van der Waals surface area contributed by atoms with E-state index in [0.29, 0.717) is 0 Å². The number of aromatic amines is 1. The number of non-ortho nitro benzene ring substituents is 1. The monoisotopic (exact) mass is 297 g/mol. The minimum atomic E-state index is -0.904. The second kappa shape index (κ2) is 5.25. The van der Waals surface area contributed by atoms with Gasteiger partial charge in [0.1, 0.15) is 0 Å². The van der Waals surface area contributed by atoms with E-state index in [-0.39, 0.29) is 28.4 Å². The summed E-state index contributed by atoms with van der Waals surface area (Å²) in [5, 5.41) is 10.7. The predicted octanol–water partition coefficient (Wildman–Crippen LogP) is 1.66. The summed E-state index contributed by atoms with van der Waals surface area (Å²) in [6.45, 7) is 1.66. The zero-order valence-corrected chi connectivity index (χ0v) is 10.9. The fourth-order valence-electron chi connectivity index (χ4n) is 1.58. The van der Waals surface area contributed by atoms with Crippen molar-refractivity contribution in [2.24, 2.45) is 0 Å². The maximum atomic E-state index is 11.7. The number of hydrogen-bond donors (Lipinski definition) is 1. The number of hydrogen-bond acceptors (Lipinski definition) is 6. The van der Waals surface area contributed by atoms with Crippen LogP contribution in [-0.2, 0) is 4.74 Å². The van der Waals surface area contributed by atoms with Crippen LogP contribution in [0.5, 0.6) is 0 Å². The molecule has 0 aliphatic rings. The number of nitrogens with zero attached hydrogens (tertiary/aromatic N) is 2. The molecule has 2 rings (SSSR count). The van der Waals surface area contributed by atoms with Gasteiger partial charge in [0, 0.05) is 12.1 Å². The van der Waals surface area contributed by atoms with Crippen LogP contribution >= 0.6 is 11.6 Å². The van der Waals surface area contributed by atoms with Crippen LogP contribution in [0.4, 0.5) is 5.69 Å². The number of aromatic nitrogens is 2. The summed E-state index contributed by atoms with van der Waals surface area (Å²) in [5.74, 6) is -0.904. The topological polar surface area (TPSA) is 115 Å². The van der Waals surface area contributed by atoms with E-state index in [1.807, 2.05) is 0 Å². The van der Waals surface area contributed by atoms with E-state index in [1.54, 1.807) is 6.92 Å². The highest BCUT2D eigenvalue weighted by molar-refractivity contribution is 6.35. The number of carbonyl (C=O) groups is 1. The second-order valence-electron chi connectivity index (χ2n) is 3.71. The highest BCUT2D eigenvalue weighted by atomic mass is 35.5. The van der Waals surface area contributed by atoms with Crippen molar-refractivity contribution in [1.82, 2.24) is 9.97 Å². The molecule has 1 aromatic heterocycles. The van der Waals surface area contributed by atoms with Gasteiger partial charge in [-0.2, -0.15) is 0 Å². The number of rotatable bonds is 3. The normalized spacial score (nSPS) is 10.5. The second-order valence-corrected chi connectivity index (χ2v) is 4.12. The molecule has 8 nitrogen and oxygen atoms in total. The SMILES string of the molecule is CCOC(=O)c1nc2cc([N+](=O)[O-])cc(Cl)c2[nH]c1=O. The molecule has 0 aliphatic heterocycles. The van der Waals surface area contributed by atoms with E-state index in [9.17, 15) is 19.7 Å². The molecule has 1 heterocycles. The van der Waals surface area contributed by atoms with E-state index in [2.05, 4.69) is 14.7 Å². The molecule has 1 aromatic carbocycles. The Bertz CT molecular complexity index is 770. The van der Waals surface area contributed by atoms with Gasteiger partial charge in [0.25, 0.3) is 11.2 Å². The zero-order chi connectivity index (χ0) is 14.9. The molecule has 0 bridgehead atoms. The maximum absolute atomic E-state index is 11.7. The van der Waals surface area contributed by atoms with Crippen LogP contribution < -0.4 is 5.56 Å². The number of nitro benzene ring substituents is 1. The van der Waals surface area contributed by atoms with Crippen molar-refractivity contribution in [3.05, 3.63) is 43.3 Å². The van der Waals surface area contributed by atoms with Crippen molar-refractivity contribution in [1.29, 1.82) is 0 Å². The van der Waals surface area contributed by atoms with Gasteiger partial charge in [-0.25, -0.2) is 9.78 Å². The molecule has 1 N–H and O–H groups in total. The number of ether oxygens (including phenoxy) is 1.